The van der Waals surface area contributed by atoms with Crippen LogP contribution in [0.25, 0.3) is 10.9 Å². The first-order valence-corrected chi connectivity index (χ1v) is 12.9. The lowest BCUT2D eigenvalue weighted by Crippen LogP contribution is -2.53. The Kier molecular flexibility index (Phi) is 10.3. The van der Waals surface area contributed by atoms with Gasteiger partial charge in [-0.1, -0.05) is 48.5 Å². The van der Waals surface area contributed by atoms with Crippen LogP contribution in [0.3, 0.4) is 0 Å². The van der Waals surface area contributed by atoms with Crippen molar-refractivity contribution in [2.45, 2.75) is 70.7 Å². The van der Waals surface area contributed by atoms with E-state index in [2.05, 4.69) is 15.6 Å². The van der Waals surface area contributed by atoms with Gasteiger partial charge in [-0.15, -0.1) is 0 Å². The van der Waals surface area contributed by atoms with Gasteiger partial charge in [-0.3, -0.25) is 4.79 Å². The summed E-state index contributed by atoms with van der Waals surface area (Å²) < 4.78 is 10.9. The molecule has 0 unspecified atom stereocenters. The lowest BCUT2D eigenvalue weighted by molar-refractivity contribution is -0.149. The number of rotatable bonds is 12. The average Bonchev–Trinajstić information content (AvgIpc) is 3.28. The zero-order chi connectivity index (χ0) is 27.5. The minimum Gasteiger partial charge on any atom is -0.459 e. The van der Waals surface area contributed by atoms with Gasteiger partial charge in [0.05, 0.1) is 0 Å². The molecule has 2 amide bonds. The third-order valence-corrected chi connectivity index (χ3v) is 5.88. The zero-order valence-electron chi connectivity index (χ0n) is 22.3. The monoisotopic (exact) mass is 522 g/mol. The number of ether oxygens (including phenoxy) is 2. The van der Waals surface area contributed by atoms with Gasteiger partial charge in [-0.25, -0.2) is 9.59 Å². The molecule has 0 spiro atoms. The van der Waals surface area contributed by atoms with Crippen LogP contribution in [0.4, 0.5) is 4.79 Å². The maximum Gasteiger partial charge on any atom is 0.408 e. The van der Waals surface area contributed by atoms with Crippen LogP contribution in [0, 0.1) is 0 Å². The molecule has 0 aliphatic rings. The molecule has 0 radical (unpaired) electrons. The highest BCUT2D eigenvalue weighted by molar-refractivity contribution is 5.90. The first kappa shape index (κ1) is 28.7. The van der Waals surface area contributed by atoms with E-state index < -0.39 is 35.7 Å². The summed E-state index contributed by atoms with van der Waals surface area (Å²) in [5.41, 5.74) is 7.53. The average molecular weight is 523 g/mol. The number of nitrogens with two attached hydrogens (primary N) is 1. The quantitative estimate of drug-likeness (QED) is 0.210. The summed E-state index contributed by atoms with van der Waals surface area (Å²) in [6.45, 7) is 5.79. The molecule has 0 aliphatic carbocycles. The van der Waals surface area contributed by atoms with Crippen LogP contribution >= 0.6 is 0 Å². The number of benzene rings is 2. The Bertz CT molecular complexity index is 1200. The molecule has 0 aliphatic heterocycles. The van der Waals surface area contributed by atoms with E-state index >= 15 is 0 Å². The molecular formula is C29H38N4O5. The number of amides is 2. The van der Waals surface area contributed by atoms with Gasteiger partial charge in [0.25, 0.3) is 0 Å². The van der Waals surface area contributed by atoms with Crippen LogP contribution in [-0.2, 0) is 32.1 Å². The lowest BCUT2D eigenvalue weighted by Gasteiger charge is -2.25. The van der Waals surface area contributed by atoms with E-state index in [0.29, 0.717) is 25.8 Å². The Labute approximate surface area is 223 Å². The maximum atomic E-state index is 13.4. The van der Waals surface area contributed by atoms with E-state index in [1.807, 2.05) is 60.8 Å². The van der Waals surface area contributed by atoms with Crippen LogP contribution in [0.15, 0.2) is 60.8 Å². The van der Waals surface area contributed by atoms with Gasteiger partial charge < -0.3 is 30.8 Å². The molecule has 3 aromatic rings. The second kappa shape index (κ2) is 13.6. The van der Waals surface area contributed by atoms with E-state index in [9.17, 15) is 14.4 Å². The maximum absolute atomic E-state index is 13.4. The second-order valence-electron chi connectivity index (χ2n) is 10.2. The van der Waals surface area contributed by atoms with Crippen LogP contribution in [0.1, 0.15) is 51.2 Å². The van der Waals surface area contributed by atoms with Crippen molar-refractivity contribution in [3.05, 3.63) is 71.9 Å². The number of hydrogen-bond acceptors (Lipinski definition) is 6. The topological polar surface area (TPSA) is 136 Å². The number of fused-ring (bicyclic) bond motifs is 1. The number of unbranched alkanes of at least 4 members (excludes halogenated alkanes) is 1. The number of alkyl carbamates (subject to hydrolysis) is 1. The smallest absolute Gasteiger partial charge is 0.408 e. The SMILES string of the molecule is CC(C)(C)OC(=O)N[C@@H](CCCCN)C(=O)N[C@@H](Cc1c[nH]c2ccccc12)C(=O)OCc1ccccc1. The standard InChI is InChI=1S/C29H38N4O5/c1-29(2,3)38-28(36)33-24(15-9-10-16-30)26(34)32-25(27(35)37-19-20-11-5-4-6-12-20)17-21-18-31-23-14-8-7-13-22(21)23/h4-8,11-14,18,24-25,31H,9-10,15-17,19,30H2,1-3H3,(H,32,34)(H,33,36)/t24-,25-/m0/s1. The van der Waals surface area contributed by atoms with E-state index in [1.54, 1.807) is 20.8 Å². The van der Waals surface area contributed by atoms with E-state index in [4.69, 9.17) is 15.2 Å². The Morgan fingerprint density at radius 3 is 2.37 bits per heavy atom. The Hall–Kier alpha value is -3.85. The highest BCUT2D eigenvalue weighted by atomic mass is 16.6. The summed E-state index contributed by atoms with van der Waals surface area (Å²) in [6.07, 6.45) is 3.00. The zero-order valence-corrected chi connectivity index (χ0v) is 22.3. The molecule has 9 heteroatoms. The molecule has 0 bridgehead atoms. The van der Waals surface area contributed by atoms with Gasteiger partial charge in [-0.2, -0.15) is 0 Å². The lowest BCUT2D eigenvalue weighted by atomic mass is 10.0. The summed E-state index contributed by atoms with van der Waals surface area (Å²) in [4.78, 5) is 42.3. The third-order valence-electron chi connectivity index (χ3n) is 5.88. The Morgan fingerprint density at radius 2 is 1.66 bits per heavy atom. The van der Waals surface area contributed by atoms with Crippen molar-refractivity contribution in [1.82, 2.24) is 15.6 Å². The molecule has 38 heavy (non-hydrogen) atoms. The number of para-hydroxylation sites is 1. The molecule has 204 valence electrons. The van der Waals surface area contributed by atoms with E-state index in [1.165, 1.54) is 0 Å². The molecule has 1 aromatic heterocycles. The number of carbonyl (C=O) groups is 3. The van der Waals surface area contributed by atoms with Crippen LogP contribution in [0.5, 0.6) is 0 Å². The van der Waals surface area contributed by atoms with Crippen molar-refractivity contribution in [1.29, 1.82) is 0 Å². The second-order valence-corrected chi connectivity index (χ2v) is 10.2. The number of H-pyrrole nitrogens is 1. The van der Waals surface area contributed by atoms with Crippen LogP contribution < -0.4 is 16.4 Å². The molecule has 0 saturated heterocycles. The molecular weight excluding hydrogens is 484 g/mol. The molecule has 2 atom stereocenters. The fourth-order valence-electron chi connectivity index (χ4n) is 4.03. The summed E-state index contributed by atoms with van der Waals surface area (Å²) in [7, 11) is 0. The van der Waals surface area contributed by atoms with Crippen LogP contribution in [0.2, 0.25) is 0 Å². The number of hydrogen-bond donors (Lipinski definition) is 4. The van der Waals surface area contributed by atoms with Gasteiger partial charge in [-0.05, 0) is 63.8 Å². The molecule has 5 N–H and O–H groups in total. The molecule has 3 rings (SSSR count). The Balaban J connectivity index is 1.78. The normalized spacial score (nSPS) is 12.9. The predicted molar refractivity (Wildman–Crippen MR) is 146 cm³/mol. The summed E-state index contributed by atoms with van der Waals surface area (Å²) in [5.74, 6) is -1.06. The molecule has 1 heterocycles. The van der Waals surface area contributed by atoms with Gasteiger partial charge >= 0.3 is 12.1 Å². The highest BCUT2D eigenvalue weighted by Gasteiger charge is 2.29. The first-order chi connectivity index (χ1) is 18.2. The molecule has 0 fully saturated rings. The fraction of sp³-hybridized carbons (Fsp3) is 0.414. The molecule has 9 nitrogen and oxygen atoms in total. The largest absolute Gasteiger partial charge is 0.459 e. The highest BCUT2D eigenvalue weighted by Crippen LogP contribution is 2.20. The predicted octanol–water partition coefficient (Wildman–Crippen LogP) is 3.96. The van der Waals surface area contributed by atoms with E-state index in [0.717, 1.165) is 22.0 Å². The van der Waals surface area contributed by atoms with Crippen molar-refractivity contribution < 1.29 is 23.9 Å². The van der Waals surface area contributed by atoms with Crippen LogP contribution in [-0.4, -0.2) is 47.2 Å². The number of carbonyl (C=O) groups excluding carboxylic acids is 3. The third kappa shape index (κ3) is 8.92. The van der Waals surface area contributed by atoms with Gasteiger partial charge in [0.2, 0.25) is 5.91 Å². The van der Waals surface area contributed by atoms with Gasteiger partial charge in [0.1, 0.15) is 24.3 Å². The Morgan fingerprint density at radius 1 is 0.947 bits per heavy atom. The summed E-state index contributed by atoms with van der Waals surface area (Å²) >= 11 is 0. The van der Waals surface area contributed by atoms with Gasteiger partial charge in [0.15, 0.2) is 0 Å². The fourth-order valence-corrected chi connectivity index (χ4v) is 4.03. The summed E-state index contributed by atoms with van der Waals surface area (Å²) in [5, 5.41) is 6.43. The van der Waals surface area contributed by atoms with Crippen molar-refractivity contribution in [2.75, 3.05) is 6.54 Å². The van der Waals surface area contributed by atoms with Gasteiger partial charge in [0, 0.05) is 23.5 Å². The van der Waals surface area contributed by atoms with Crippen molar-refractivity contribution >= 4 is 28.9 Å². The van der Waals surface area contributed by atoms with Crippen molar-refractivity contribution in [2.24, 2.45) is 5.73 Å². The van der Waals surface area contributed by atoms with Crippen molar-refractivity contribution in [3.63, 3.8) is 0 Å². The minimum absolute atomic E-state index is 0.0794. The number of esters is 1. The summed E-state index contributed by atoms with van der Waals surface area (Å²) in [6, 6.07) is 15.2. The number of nitrogens with one attached hydrogen (secondary N) is 3. The van der Waals surface area contributed by atoms with E-state index in [-0.39, 0.29) is 13.0 Å². The number of aromatic amines is 1. The number of aromatic nitrogens is 1. The molecule has 2 aromatic carbocycles. The van der Waals surface area contributed by atoms with Crippen molar-refractivity contribution in [3.8, 4) is 0 Å². The molecule has 0 saturated carbocycles. The first-order valence-electron chi connectivity index (χ1n) is 12.9. The minimum atomic E-state index is -0.970.